The van der Waals surface area contributed by atoms with Gasteiger partial charge in [-0.2, -0.15) is 4.98 Å². The van der Waals surface area contributed by atoms with Crippen LogP contribution >= 0.6 is 0 Å². The molecule has 4 rings (SSSR count). The molecule has 2 aromatic heterocycles. The number of benzene rings is 1. The normalized spacial score (nSPS) is 15.3. The molecule has 1 saturated heterocycles. The van der Waals surface area contributed by atoms with E-state index in [0.29, 0.717) is 29.9 Å². The number of aromatic nitrogens is 4. The zero-order valence-electron chi connectivity index (χ0n) is 14.4. The van der Waals surface area contributed by atoms with Gasteiger partial charge in [0.1, 0.15) is 5.52 Å². The van der Waals surface area contributed by atoms with Crippen LogP contribution in [0.2, 0.25) is 0 Å². The van der Waals surface area contributed by atoms with Gasteiger partial charge in [-0.3, -0.25) is 19.2 Å². The monoisotopic (exact) mass is 353 g/mol. The Labute approximate surface area is 149 Å². The van der Waals surface area contributed by atoms with Crippen LogP contribution in [0.25, 0.3) is 11.2 Å². The van der Waals surface area contributed by atoms with Crippen molar-refractivity contribution in [1.29, 1.82) is 0 Å². The van der Waals surface area contributed by atoms with Crippen molar-refractivity contribution in [2.45, 2.75) is 18.9 Å². The van der Waals surface area contributed by atoms with Gasteiger partial charge in [-0.1, -0.05) is 18.2 Å². The fraction of sp³-hybridized carbons (Fsp3) is 0.333. The smallest absolute Gasteiger partial charge is 0.330 e. The number of anilines is 1. The van der Waals surface area contributed by atoms with Gasteiger partial charge in [0, 0.05) is 31.9 Å². The number of hydrogen-bond donors (Lipinski definition) is 1. The summed E-state index contributed by atoms with van der Waals surface area (Å²) in [6.07, 6.45) is 3.09. The molecule has 1 amide bonds. The van der Waals surface area contributed by atoms with Crippen molar-refractivity contribution in [2.75, 3.05) is 18.5 Å². The van der Waals surface area contributed by atoms with Gasteiger partial charge in [0.2, 0.25) is 5.95 Å². The summed E-state index contributed by atoms with van der Waals surface area (Å²) in [5.74, 6) is -0.112. The second kappa shape index (κ2) is 6.72. The highest BCUT2D eigenvalue weighted by Gasteiger charge is 2.23. The van der Waals surface area contributed by atoms with Crippen molar-refractivity contribution in [3.63, 3.8) is 0 Å². The first-order chi connectivity index (χ1) is 12.6. The van der Waals surface area contributed by atoms with Crippen LogP contribution in [-0.2, 0) is 11.8 Å². The molecule has 0 saturated carbocycles. The summed E-state index contributed by atoms with van der Waals surface area (Å²) in [6.45, 7) is 1.24. The summed E-state index contributed by atoms with van der Waals surface area (Å²) in [5, 5.41) is 2.70. The summed E-state index contributed by atoms with van der Waals surface area (Å²) in [5.41, 5.74) is 1.56. The third-order valence-electron chi connectivity index (χ3n) is 4.65. The Balaban J connectivity index is 1.72. The zero-order chi connectivity index (χ0) is 18.1. The molecule has 1 fully saturated rings. The average Bonchev–Trinajstić information content (AvgIpc) is 2.93. The summed E-state index contributed by atoms with van der Waals surface area (Å²) in [6, 6.07) is 8.89. The number of fused-ring (bicyclic) bond motifs is 1. The minimum atomic E-state index is -0.291. The molecule has 3 heterocycles. The van der Waals surface area contributed by atoms with Crippen LogP contribution in [0, 0.1) is 0 Å². The lowest BCUT2D eigenvalue weighted by Gasteiger charge is -2.22. The van der Waals surface area contributed by atoms with E-state index in [0.717, 1.165) is 12.8 Å². The maximum Gasteiger partial charge on any atom is 0.330 e. The van der Waals surface area contributed by atoms with Crippen LogP contribution in [0.4, 0.5) is 5.95 Å². The number of carbonyl (C=O) groups excluding carboxylic acids is 1. The molecule has 1 aliphatic rings. The molecular formula is C18H19N5O3. The van der Waals surface area contributed by atoms with Crippen molar-refractivity contribution < 1.29 is 9.53 Å². The van der Waals surface area contributed by atoms with Crippen LogP contribution in [0.3, 0.4) is 0 Å². The molecule has 0 atom stereocenters. The number of ether oxygens (including phenoxy) is 1. The molecule has 3 aromatic rings. The molecule has 1 aromatic carbocycles. The molecule has 8 nitrogen and oxygen atoms in total. The maximum atomic E-state index is 12.7. The number of rotatable bonds is 3. The van der Waals surface area contributed by atoms with E-state index in [-0.39, 0.29) is 23.6 Å². The highest BCUT2D eigenvalue weighted by atomic mass is 16.5. The Morgan fingerprint density at radius 3 is 2.69 bits per heavy atom. The minimum Gasteiger partial charge on any atom is -0.381 e. The van der Waals surface area contributed by atoms with Crippen LogP contribution in [0.5, 0.6) is 0 Å². The van der Waals surface area contributed by atoms with E-state index in [9.17, 15) is 9.59 Å². The molecule has 0 spiro atoms. The van der Waals surface area contributed by atoms with Crippen LogP contribution in [-0.4, -0.2) is 38.2 Å². The lowest BCUT2D eigenvalue weighted by molar-refractivity contribution is 0.0695. The van der Waals surface area contributed by atoms with Crippen LogP contribution < -0.4 is 11.0 Å². The zero-order valence-corrected chi connectivity index (χ0v) is 14.4. The summed E-state index contributed by atoms with van der Waals surface area (Å²) in [7, 11) is 1.70. The number of nitrogens with one attached hydrogen (secondary N) is 1. The second-order valence-electron chi connectivity index (χ2n) is 6.28. The van der Waals surface area contributed by atoms with E-state index in [1.807, 2.05) is 6.07 Å². The van der Waals surface area contributed by atoms with Gasteiger partial charge in [-0.15, -0.1) is 0 Å². The van der Waals surface area contributed by atoms with Gasteiger partial charge in [0.05, 0.1) is 6.20 Å². The lowest BCUT2D eigenvalue weighted by atomic mass is 10.1. The van der Waals surface area contributed by atoms with Crippen molar-refractivity contribution >= 4 is 23.0 Å². The van der Waals surface area contributed by atoms with Gasteiger partial charge >= 0.3 is 5.69 Å². The van der Waals surface area contributed by atoms with Crippen molar-refractivity contribution in [2.24, 2.45) is 7.05 Å². The molecular weight excluding hydrogens is 334 g/mol. The van der Waals surface area contributed by atoms with E-state index in [1.54, 1.807) is 42.1 Å². The number of aryl methyl sites for hydroxylation is 1. The molecule has 8 heteroatoms. The fourth-order valence-corrected chi connectivity index (χ4v) is 3.23. The van der Waals surface area contributed by atoms with Gasteiger partial charge in [-0.25, -0.2) is 9.78 Å². The predicted octanol–water partition coefficient (Wildman–Crippen LogP) is 1.73. The lowest BCUT2D eigenvalue weighted by Crippen LogP contribution is -2.30. The van der Waals surface area contributed by atoms with Gasteiger partial charge in [0.15, 0.2) is 5.65 Å². The number of amides is 1. The van der Waals surface area contributed by atoms with Crippen LogP contribution in [0.1, 0.15) is 29.2 Å². The average molecular weight is 353 g/mol. The highest BCUT2D eigenvalue weighted by molar-refractivity contribution is 6.03. The molecule has 1 aliphatic heterocycles. The summed E-state index contributed by atoms with van der Waals surface area (Å²) < 4.78 is 8.62. The van der Waals surface area contributed by atoms with E-state index in [4.69, 9.17) is 4.74 Å². The van der Waals surface area contributed by atoms with Crippen molar-refractivity contribution in [3.8, 4) is 0 Å². The van der Waals surface area contributed by atoms with Crippen LogP contribution in [0.15, 0.2) is 41.3 Å². The van der Waals surface area contributed by atoms with Gasteiger partial charge in [0.25, 0.3) is 5.91 Å². The van der Waals surface area contributed by atoms with Gasteiger partial charge in [-0.05, 0) is 25.0 Å². The Morgan fingerprint density at radius 2 is 1.96 bits per heavy atom. The quantitative estimate of drug-likeness (QED) is 0.774. The standard InChI is InChI=1S/C18H19N5O3/c1-22-14-11-19-17(21-16(24)12-5-3-2-4-6-12)20-15(14)23(18(22)25)13-7-9-26-10-8-13/h2-6,11,13H,7-10H2,1H3,(H,19,20,21,24). The first kappa shape index (κ1) is 16.5. The van der Waals surface area contributed by atoms with Gasteiger partial charge < -0.3 is 4.74 Å². The van der Waals surface area contributed by atoms with Crippen molar-refractivity contribution in [1.82, 2.24) is 19.1 Å². The Morgan fingerprint density at radius 1 is 1.23 bits per heavy atom. The molecule has 0 bridgehead atoms. The Kier molecular flexibility index (Phi) is 4.26. The van der Waals surface area contributed by atoms with E-state index in [1.165, 1.54) is 4.57 Å². The third-order valence-corrected chi connectivity index (χ3v) is 4.65. The predicted molar refractivity (Wildman–Crippen MR) is 96.3 cm³/mol. The summed E-state index contributed by atoms with van der Waals surface area (Å²) in [4.78, 5) is 33.6. The third kappa shape index (κ3) is 2.88. The first-order valence-electron chi connectivity index (χ1n) is 8.53. The summed E-state index contributed by atoms with van der Waals surface area (Å²) >= 11 is 0. The Hall–Kier alpha value is -3.00. The van der Waals surface area contributed by atoms with E-state index < -0.39 is 0 Å². The SMILES string of the molecule is Cn1c(=O)n(C2CCOCC2)c2nc(NC(=O)c3ccccc3)ncc21. The first-order valence-corrected chi connectivity index (χ1v) is 8.53. The number of hydrogen-bond acceptors (Lipinski definition) is 5. The topological polar surface area (TPSA) is 91.0 Å². The molecule has 0 radical (unpaired) electrons. The largest absolute Gasteiger partial charge is 0.381 e. The molecule has 134 valence electrons. The Bertz CT molecular complexity index is 1000. The molecule has 1 N–H and O–H groups in total. The number of imidazole rings is 1. The number of carbonyl (C=O) groups is 1. The molecule has 0 unspecified atom stereocenters. The maximum absolute atomic E-state index is 12.7. The highest BCUT2D eigenvalue weighted by Crippen LogP contribution is 2.23. The molecule has 26 heavy (non-hydrogen) atoms. The van der Waals surface area contributed by atoms with E-state index in [2.05, 4.69) is 15.3 Å². The van der Waals surface area contributed by atoms with Crippen molar-refractivity contribution in [3.05, 3.63) is 52.6 Å². The molecule has 0 aliphatic carbocycles. The number of nitrogens with zero attached hydrogens (tertiary/aromatic N) is 4. The second-order valence-corrected chi connectivity index (χ2v) is 6.28. The minimum absolute atomic E-state index is 0.0347. The fourth-order valence-electron chi connectivity index (χ4n) is 3.23. The van der Waals surface area contributed by atoms with E-state index >= 15 is 0 Å².